The van der Waals surface area contributed by atoms with E-state index in [9.17, 15) is 0 Å². The highest BCUT2D eigenvalue weighted by molar-refractivity contribution is 6.58. The number of fused-ring (bicyclic) bond motifs is 1. The largest absolute Gasteiger partial charge is 0.142 e. The van der Waals surface area contributed by atoms with Gasteiger partial charge in [-0.2, -0.15) is 0 Å². The predicted octanol–water partition coefficient (Wildman–Crippen LogP) is 3.73. The quantitative estimate of drug-likeness (QED) is 0.538. The summed E-state index contributed by atoms with van der Waals surface area (Å²) < 4.78 is -0.616. The molecule has 0 heterocycles. The number of hydrogen-bond acceptors (Lipinski definition) is 0. The second kappa shape index (κ2) is 2.43. The van der Waals surface area contributed by atoms with Gasteiger partial charge in [0.15, 0.2) is 0 Å². The minimum atomic E-state index is -0.616. The van der Waals surface area contributed by atoms with E-state index in [0.717, 1.165) is 12.8 Å². The van der Waals surface area contributed by atoms with Gasteiger partial charge in [0.25, 0.3) is 0 Å². The van der Waals surface area contributed by atoms with Crippen LogP contribution in [-0.2, 0) is 0 Å². The summed E-state index contributed by atoms with van der Waals surface area (Å²) in [6, 6.07) is 0. The van der Waals surface area contributed by atoms with Crippen LogP contribution in [0, 0.1) is 5.92 Å². The minimum absolute atomic E-state index is 0.271. The van der Waals surface area contributed by atoms with E-state index in [-0.39, 0.29) is 4.87 Å². The monoisotopic (exact) mass is 212 g/mol. The van der Waals surface area contributed by atoms with Crippen LogP contribution in [0.15, 0.2) is 0 Å². The molecule has 2 aliphatic carbocycles. The van der Waals surface area contributed by atoms with Crippen LogP contribution in [0.2, 0.25) is 0 Å². The maximum Gasteiger partial charge on any atom is 0.142 e. The average molecular weight is 214 g/mol. The van der Waals surface area contributed by atoms with Crippen LogP contribution >= 0.6 is 34.8 Å². The van der Waals surface area contributed by atoms with E-state index < -0.39 is 4.33 Å². The van der Waals surface area contributed by atoms with Gasteiger partial charge >= 0.3 is 0 Å². The van der Waals surface area contributed by atoms with Crippen molar-refractivity contribution in [3.63, 3.8) is 0 Å². The second-order valence-electron chi connectivity index (χ2n) is 3.64. The second-order valence-corrected chi connectivity index (χ2v) is 5.70. The van der Waals surface area contributed by atoms with Gasteiger partial charge in [0.05, 0.1) is 4.87 Å². The topological polar surface area (TPSA) is 0 Å². The van der Waals surface area contributed by atoms with Gasteiger partial charge < -0.3 is 0 Å². The Morgan fingerprint density at radius 1 is 1.00 bits per heavy atom. The molecule has 11 heavy (non-hydrogen) atoms. The molecule has 2 aliphatic rings. The molecule has 0 aliphatic heterocycles. The van der Waals surface area contributed by atoms with E-state index in [0.29, 0.717) is 5.92 Å². The zero-order chi connectivity index (χ0) is 8.11. The van der Waals surface area contributed by atoms with Crippen molar-refractivity contribution >= 4 is 34.8 Å². The van der Waals surface area contributed by atoms with Crippen molar-refractivity contribution in [1.82, 2.24) is 0 Å². The minimum Gasteiger partial charge on any atom is -0.116 e. The fourth-order valence-electron chi connectivity index (χ4n) is 2.16. The summed E-state index contributed by atoms with van der Waals surface area (Å²) in [5.74, 6) is 0.350. The molecule has 0 radical (unpaired) electrons. The molecule has 0 nitrogen and oxygen atoms in total. The first-order valence-corrected chi connectivity index (χ1v) is 5.29. The Bertz CT molecular complexity index is 178. The van der Waals surface area contributed by atoms with Crippen molar-refractivity contribution in [1.29, 1.82) is 0 Å². The molecule has 0 bridgehead atoms. The first-order valence-electron chi connectivity index (χ1n) is 4.16. The number of halogens is 3. The zero-order valence-corrected chi connectivity index (χ0v) is 8.51. The molecular formula is C8H11Cl3. The van der Waals surface area contributed by atoms with Crippen LogP contribution in [0.4, 0.5) is 0 Å². The van der Waals surface area contributed by atoms with Gasteiger partial charge in [-0.15, -0.1) is 11.6 Å². The third-order valence-corrected chi connectivity index (χ3v) is 5.14. The van der Waals surface area contributed by atoms with Crippen molar-refractivity contribution < 1.29 is 0 Å². The number of alkyl halides is 3. The summed E-state index contributed by atoms with van der Waals surface area (Å²) in [7, 11) is 0. The maximum atomic E-state index is 6.28. The van der Waals surface area contributed by atoms with E-state index in [1.54, 1.807) is 0 Å². The van der Waals surface area contributed by atoms with Crippen molar-refractivity contribution in [3.8, 4) is 0 Å². The SMILES string of the molecule is ClC1(Cl)C2CCCCCC21Cl. The smallest absolute Gasteiger partial charge is 0.116 e. The van der Waals surface area contributed by atoms with Crippen molar-refractivity contribution in [2.45, 2.75) is 41.3 Å². The molecule has 0 aromatic rings. The summed E-state index contributed by atoms with van der Waals surface area (Å²) in [4.78, 5) is -0.271. The fraction of sp³-hybridized carbons (Fsp3) is 1.00. The molecular weight excluding hydrogens is 202 g/mol. The summed E-state index contributed by atoms with van der Waals surface area (Å²) in [5.41, 5.74) is 0. The van der Waals surface area contributed by atoms with E-state index in [2.05, 4.69) is 0 Å². The molecule has 0 spiro atoms. The lowest BCUT2D eigenvalue weighted by Crippen LogP contribution is -2.07. The summed E-state index contributed by atoms with van der Waals surface area (Å²) in [5, 5.41) is 0. The van der Waals surface area contributed by atoms with Gasteiger partial charge in [-0.05, 0) is 12.8 Å². The van der Waals surface area contributed by atoms with Crippen molar-refractivity contribution in [2.75, 3.05) is 0 Å². The summed E-state index contributed by atoms with van der Waals surface area (Å²) >= 11 is 18.4. The first-order chi connectivity index (χ1) is 5.09. The van der Waals surface area contributed by atoms with Crippen molar-refractivity contribution in [3.05, 3.63) is 0 Å². The predicted molar refractivity (Wildman–Crippen MR) is 49.6 cm³/mol. The lowest BCUT2D eigenvalue weighted by molar-refractivity contribution is 0.638. The standard InChI is InChI=1S/C8H11Cl3/c9-7-5-3-1-2-4-6(7)8(7,10)11/h6H,1-5H2. The zero-order valence-electron chi connectivity index (χ0n) is 6.25. The Hall–Kier alpha value is 0.870. The highest BCUT2D eigenvalue weighted by Gasteiger charge is 2.74. The molecule has 0 aromatic heterocycles. The lowest BCUT2D eigenvalue weighted by atomic mass is 10.2. The van der Waals surface area contributed by atoms with Gasteiger partial charge in [-0.1, -0.05) is 42.5 Å². The highest BCUT2D eigenvalue weighted by Crippen LogP contribution is 2.71. The van der Waals surface area contributed by atoms with Crippen molar-refractivity contribution in [2.24, 2.45) is 5.92 Å². The third-order valence-electron chi connectivity index (χ3n) is 2.99. The van der Waals surface area contributed by atoms with Gasteiger partial charge in [0.1, 0.15) is 4.33 Å². The molecule has 2 atom stereocenters. The fourth-order valence-corrected chi connectivity index (χ4v) is 3.69. The first kappa shape index (κ1) is 8.47. The normalized spacial score (nSPS) is 47.7. The Kier molecular flexibility index (Phi) is 1.87. The summed E-state index contributed by atoms with van der Waals surface area (Å²) in [6.45, 7) is 0. The van der Waals surface area contributed by atoms with Gasteiger partial charge in [0, 0.05) is 5.92 Å². The third kappa shape index (κ3) is 1.03. The number of rotatable bonds is 0. The van der Waals surface area contributed by atoms with Crippen LogP contribution < -0.4 is 0 Å². The van der Waals surface area contributed by atoms with Crippen LogP contribution in [0.5, 0.6) is 0 Å². The van der Waals surface area contributed by atoms with E-state index >= 15 is 0 Å². The van der Waals surface area contributed by atoms with Crippen LogP contribution in [0.25, 0.3) is 0 Å². The average Bonchev–Trinajstić information content (AvgIpc) is 2.43. The molecule has 0 N–H and O–H groups in total. The van der Waals surface area contributed by atoms with Gasteiger partial charge in [-0.3, -0.25) is 0 Å². The van der Waals surface area contributed by atoms with E-state index in [4.69, 9.17) is 34.8 Å². The van der Waals surface area contributed by atoms with Gasteiger partial charge in [0.2, 0.25) is 0 Å². The Morgan fingerprint density at radius 3 is 2.45 bits per heavy atom. The van der Waals surface area contributed by atoms with Crippen LogP contribution in [0.1, 0.15) is 32.1 Å². The Labute approximate surface area is 82.2 Å². The molecule has 0 aromatic carbocycles. The molecule has 3 heteroatoms. The van der Waals surface area contributed by atoms with Gasteiger partial charge in [-0.25, -0.2) is 0 Å². The molecule has 2 saturated carbocycles. The molecule has 0 saturated heterocycles. The summed E-state index contributed by atoms with van der Waals surface area (Å²) in [6.07, 6.45) is 5.80. The molecule has 2 rings (SSSR count). The van der Waals surface area contributed by atoms with Crippen LogP contribution in [0.3, 0.4) is 0 Å². The molecule has 2 unspecified atom stereocenters. The number of hydrogen-bond donors (Lipinski definition) is 0. The molecule has 0 amide bonds. The Morgan fingerprint density at radius 2 is 1.73 bits per heavy atom. The maximum absolute atomic E-state index is 6.28. The lowest BCUT2D eigenvalue weighted by Gasteiger charge is -2.07. The highest BCUT2D eigenvalue weighted by atomic mass is 35.5. The van der Waals surface area contributed by atoms with E-state index in [1.807, 2.05) is 0 Å². The van der Waals surface area contributed by atoms with E-state index in [1.165, 1.54) is 19.3 Å². The molecule has 64 valence electrons. The Balaban J connectivity index is 2.15. The molecule has 2 fully saturated rings. The van der Waals surface area contributed by atoms with Crippen LogP contribution in [-0.4, -0.2) is 9.21 Å².